The van der Waals surface area contributed by atoms with Crippen LogP contribution in [0.5, 0.6) is 0 Å². The fourth-order valence-electron chi connectivity index (χ4n) is 4.51. The van der Waals surface area contributed by atoms with E-state index in [0.29, 0.717) is 0 Å². The summed E-state index contributed by atoms with van der Waals surface area (Å²) in [6, 6.07) is 39.1. The SMILES string of the molecule is Cc1ccc(-c2ccc(-c3ccc(-c4ccc(-c5ccc(C)cc5)cc4)c4nsnc34)cc2)cc1. The maximum absolute atomic E-state index is 4.68. The van der Waals surface area contributed by atoms with E-state index in [9.17, 15) is 0 Å². The van der Waals surface area contributed by atoms with Crippen molar-refractivity contribution in [3.63, 3.8) is 0 Å². The Labute approximate surface area is 209 Å². The average molecular weight is 469 g/mol. The normalized spacial score (nSPS) is 11.1. The zero-order valence-electron chi connectivity index (χ0n) is 19.7. The molecule has 6 aromatic rings. The van der Waals surface area contributed by atoms with Gasteiger partial charge in [-0.2, -0.15) is 8.75 Å². The fraction of sp³-hybridized carbons (Fsp3) is 0.0625. The lowest BCUT2D eigenvalue weighted by Crippen LogP contribution is -1.87. The van der Waals surface area contributed by atoms with Crippen molar-refractivity contribution in [1.82, 2.24) is 8.75 Å². The molecular weight excluding hydrogens is 444 g/mol. The van der Waals surface area contributed by atoms with Gasteiger partial charge in [-0.15, -0.1) is 0 Å². The first-order chi connectivity index (χ1) is 17.2. The van der Waals surface area contributed by atoms with Gasteiger partial charge in [0.05, 0.1) is 11.7 Å². The van der Waals surface area contributed by atoms with Gasteiger partial charge < -0.3 is 0 Å². The highest BCUT2D eigenvalue weighted by molar-refractivity contribution is 7.00. The van der Waals surface area contributed by atoms with E-state index in [1.165, 1.54) is 45.1 Å². The van der Waals surface area contributed by atoms with Gasteiger partial charge in [-0.05, 0) is 47.2 Å². The molecule has 0 amide bonds. The second-order valence-corrected chi connectivity index (χ2v) is 9.54. The minimum atomic E-state index is 0.957. The first kappa shape index (κ1) is 21.5. The van der Waals surface area contributed by atoms with Crippen LogP contribution in [-0.2, 0) is 0 Å². The smallest absolute Gasteiger partial charge is 0.113 e. The van der Waals surface area contributed by atoms with Gasteiger partial charge in [-0.1, -0.05) is 120 Å². The molecule has 0 radical (unpaired) electrons. The molecule has 35 heavy (non-hydrogen) atoms. The number of aromatic nitrogens is 2. The molecule has 0 saturated heterocycles. The lowest BCUT2D eigenvalue weighted by Gasteiger charge is -2.09. The number of aryl methyl sites for hydroxylation is 2. The molecule has 0 aliphatic carbocycles. The molecule has 0 fully saturated rings. The number of benzene rings is 5. The van der Waals surface area contributed by atoms with Crippen molar-refractivity contribution >= 4 is 22.8 Å². The molecule has 0 atom stereocenters. The van der Waals surface area contributed by atoms with Crippen molar-refractivity contribution in [3.8, 4) is 44.5 Å². The Hall–Kier alpha value is -4.08. The Morgan fingerprint density at radius 2 is 0.657 bits per heavy atom. The molecule has 1 aromatic heterocycles. The van der Waals surface area contributed by atoms with Crippen molar-refractivity contribution in [2.24, 2.45) is 0 Å². The molecule has 0 aliphatic rings. The molecule has 5 aromatic carbocycles. The van der Waals surface area contributed by atoms with Crippen molar-refractivity contribution in [2.45, 2.75) is 13.8 Å². The van der Waals surface area contributed by atoms with E-state index in [1.807, 2.05) is 0 Å². The summed E-state index contributed by atoms with van der Waals surface area (Å²) in [5.41, 5.74) is 13.9. The highest BCUT2D eigenvalue weighted by Crippen LogP contribution is 2.36. The van der Waals surface area contributed by atoms with Crippen molar-refractivity contribution < 1.29 is 0 Å². The predicted octanol–water partition coefficient (Wildman–Crippen LogP) is 8.98. The summed E-state index contributed by atoms with van der Waals surface area (Å²) in [4.78, 5) is 0. The number of hydrogen-bond donors (Lipinski definition) is 0. The third-order valence-corrected chi connectivity index (χ3v) is 7.11. The molecule has 0 aliphatic heterocycles. The molecule has 0 bridgehead atoms. The molecule has 0 unspecified atom stereocenters. The minimum Gasteiger partial charge on any atom is -0.172 e. The lowest BCUT2D eigenvalue weighted by molar-refractivity contribution is 1.47. The minimum absolute atomic E-state index is 0.957. The van der Waals surface area contributed by atoms with E-state index in [2.05, 4.69) is 132 Å². The molecule has 3 heteroatoms. The summed E-state index contributed by atoms with van der Waals surface area (Å²) in [5.74, 6) is 0. The molecule has 2 nitrogen and oxygen atoms in total. The van der Waals surface area contributed by atoms with Gasteiger partial charge in [0.15, 0.2) is 0 Å². The molecule has 0 N–H and O–H groups in total. The van der Waals surface area contributed by atoms with Gasteiger partial charge in [0.25, 0.3) is 0 Å². The standard InChI is InChI=1S/C32H24N2S/c1-21-3-7-23(8-4-21)25-11-15-27(16-12-25)29-19-20-30(32-31(29)33-35-34-32)28-17-13-26(14-18-28)24-9-5-22(2)6-10-24/h3-20H,1-2H3. The van der Waals surface area contributed by atoms with Crippen LogP contribution in [0.25, 0.3) is 55.5 Å². The van der Waals surface area contributed by atoms with Crippen LogP contribution in [0.2, 0.25) is 0 Å². The van der Waals surface area contributed by atoms with Crippen molar-refractivity contribution in [2.75, 3.05) is 0 Å². The van der Waals surface area contributed by atoms with Gasteiger partial charge in [-0.25, -0.2) is 0 Å². The monoisotopic (exact) mass is 468 g/mol. The Morgan fingerprint density at radius 3 is 1.00 bits per heavy atom. The van der Waals surface area contributed by atoms with Crippen LogP contribution >= 0.6 is 11.7 Å². The first-order valence-corrected chi connectivity index (χ1v) is 12.5. The van der Waals surface area contributed by atoms with E-state index in [1.54, 1.807) is 0 Å². The first-order valence-electron chi connectivity index (χ1n) is 11.8. The van der Waals surface area contributed by atoms with Crippen LogP contribution in [0, 0.1) is 13.8 Å². The summed E-state index contributed by atoms with van der Waals surface area (Å²) in [6.45, 7) is 4.23. The third-order valence-electron chi connectivity index (χ3n) is 6.58. The predicted molar refractivity (Wildman–Crippen MR) is 149 cm³/mol. The third kappa shape index (κ3) is 4.16. The number of nitrogens with zero attached hydrogens (tertiary/aromatic N) is 2. The second kappa shape index (κ2) is 8.94. The largest absolute Gasteiger partial charge is 0.172 e. The number of rotatable bonds is 4. The summed E-state index contributed by atoms with van der Waals surface area (Å²) in [5, 5.41) is 0. The summed E-state index contributed by atoms with van der Waals surface area (Å²) < 4.78 is 9.35. The molecular formula is C32H24N2S. The van der Waals surface area contributed by atoms with Crippen LogP contribution in [0.1, 0.15) is 11.1 Å². The summed E-state index contributed by atoms with van der Waals surface area (Å²) >= 11 is 1.27. The Kier molecular flexibility index (Phi) is 5.48. The van der Waals surface area contributed by atoms with Gasteiger partial charge in [0.2, 0.25) is 0 Å². The Bertz CT molecular complexity index is 1490. The molecule has 6 rings (SSSR count). The van der Waals surface area contributed by atoms with Crippen molar-refractivity contribution in [3.05, 3.63) is 120 Å². The molecule has 0 spiro atoms. The molecule has 1 heterocycles. The quantitative estimate of drug-likeness (QED) is 0.258. The number of fused-ring (bicyclic) bond motifs is 1. The summed E-state index contributed by atoms with van der Waals surface area (Å²) in [7, 11) is 0. The highest BCUT2D eigenvalue weighted by Gasteiger charge is 2.14. The van der Waals surface area contributed by atoms with Crippen LogP contribution in [-0.4, -0.2) is 8.75 Å². The van der Waals surface area contributed by atoms with Gasteiger partial charge in [0, 0.05) is 11.1 Å². The van der Waals surface area contributed by atoms with E-state index in [-0.39, 0.29) is 0 Å². The van der Waals surface area contributed by atoms with Crippen LogP contribution in [0.4, 0.5) is 0 Å². The van der Waals surface area contributed by atoms with E-state index >= 15 is 0 Å². The Morgan fingerprint density at radius 1 is 0.371 bits per heavy atom. The maximum atomic E-state index is 4.68. The topological polar surface area (TPSA) is 25.8 Å². The highest BCUT2D eigenvalue weighted by atomic mass is 32.1. The Balaban J connectivity index is 1.33. The molecule has 168 valence electrons. The van der Waals surface area contributed by atoms with E-state index in [0.717, 1.165) is 33.3 Å². The summed E-state index contributed by atoms with van der Waals surface area (Å²) in [6.07, 6.45) is 0. The van der Waals surface area contributed by atoms with Crippen molar-refractivity contribution in [1.29, 1.82) is 0 Å². The van der Waals surface area contributed by atoms with E-state index in [4.69, 9.17) is 0 Å². The second-order valence-electron chi connectivity index (χ2n) is 9.01. The zero-order valence-corrected chi connectivity index (χ0v) is 20.5. The number of hydrogen-bond acceptors (Lipinski definition) is 3. The molecule has 0 saturated carbocycles. The van der Waals surface area contributed by atoms with Crippen LogP contribution < -0.4 is 0 Å². The van der Waals surface area contributed by atoms with Crippen LogP contribution in [0.15, 0.2) is 109 Å². The van der Waals surface area contributed by atoms with Gasteiger partial charge in [0.1, 0.15) is 11.0 Å². The maximum Gasteiger partial charge on any atom is 0.113 e. The zero-order chi connectivity index (χ0) is 23.8. The van der Waals surface area contributed by atoms with Gasteiger partial charge >= 0.3 is 0 Å². The lowest BCUT2D eigenvalue weighted by atomic mass is 9.95. The fourth-order valence-corrected chi connectivity index (χ4v) is 5.08. The van der Waals surface area contributed by atoms with Crippen LogP contribution in [0.3, 0.4) is 0 Å². The van der Waals surface area contributed by atoms with Gasteiger partial charge in [-0.3, -0.25) is 0 Å². The average Bonchev–Trinajstić information content (AvgIpc) is 3.40. The van der Waals surface area contributed by atoms with E-state index < -0.39 is 0 Å².